The molecule has 1 fully saturated rings. The zero-order chi connectivity index (χ0) is 22.0. The highest BCUT2D eigenvalue weighted by Crippen LogP contribution is 2.33. The van der Waals surface area contributed by atoms with E-state index in [9.17, 15) is 14.4 Å². The monoisotopic (exact) mass is 461 g/mol. The number of thioether (sulfide) groups is 1. The van der Waals surface area contributed by atoms with E-state index in [1.807, 2.05) is 6.07 Å². The van der Waals surface area contributed by atoms with Gasteiger partial charge in [0.1, 0.15) is 17.7 Å². The molecule has 0 saturated carbocycles. The lowest BCUT2D eigenvalue weighted by molar-refractivity contribution is -0.113. The van der Waals surface area contributed by atoms with Gasteiger partial charge >= 0.3 is 6.09 Å². The van der Waals surface area contributed by atoms with E-state index in [0.29, 0.717) is 53.9 Å². The van der Waals surface area contributed by atoms with Gasteiger partial charge in [-0.05, 0) is 37.1 Å². The molecular formula is C20H20ClN5O4S. The van der Waals surface area contributed by atoms with Crippen LogP contribution in [0.5, 0.6) is 0 Å². The molecule has 3 heterocycles. The Bertz CT molecular complexity index is 1050. The van der Waals surface area contributed by atoms with Gasteiger partial charge in [-0.15, -0.1) is 11.8 Å². The molecule has 2 aliphatic heterocycles. The summed E-state index contributed by atoms with van der Waals surface area (Å²) in [6.07, 6.45) is 0.387. The second kappa shape index (κ2) is 9.03. The number of nitrogens with one attached hydrogen (secondary N) is 2. The van der Waals surface area contributed by atoms with Gasteiger partial charge in [0.15, 0.2) is 0 Å². The zero-order valence-electron chi connectivity index (χ0n) is 16.4. The number of rotatable bonds is 6. The Morgan fingerprint density at radius 1 is 1.35 bits per heavy atom. The van der Waals surface area contributed by atoms with E-state index in [2.05, 4.69) is 15.6 Å². The molecule has 1 aromatic heterocycles. The van der Waals surface area contributed by atoms with Crippen LogP contribution in [-0.4, -0.2) is 47.8 Å². The average molecular weight is 462 g/mol. The van der Waals surface area contributed by atoms with Crippen LogP contribution in [0, 0.1) is 0 Å². The van der Waals surface area contributed by atoms with E-state index in [0.717, 1.165) is 4.90 Å². The minimum Gasteiger partial charge on any atom is -0.444 e. The van der Waals surface area contributed by atoms with Crippen molar-refractivity contribution in [3.63, 3.8) is 0 Å². The molecule has 1 aromatic carbocycles. The number of aromatic nitrogens is 1. The van der Waals surface area contributed by atoms with Crippen molar-refractivity contribution in [1.29, 1.82) is 0 Å². The summed E-state index contributed by atoms with van der Waals surface area (Å²) in [5, 5.41) is 5.85. The highest BCUT2D eigenvalue weighted by atomic mass is 35.5. The maximum Gasteiger partial charge on any atom is 0.415 e. The predicted molar refractivity (Wildman–Crippen MR) is 119 cm³/mol. The number of cyclic esters (lactones) is 1. The first-order chi connectivity index (χ1) is 14.9. The van der Waals surface area contributed by atoms with Crippen LogP contribution in [0.3, 0.4) is 0 Å². The summed E-state index contributed by atoms with van der Waals surface area (Å²) >= 11 is 7.35. The minimum atomic E-state index is -0.483. The molecule has 0 bridgehead atoms. The third kappa shape index (κ3) is 4.70. The fraction of sp³-hybridized carbons (Fsp3) is 0.300. The minimum absolute atomic E-state index is 0.120. The van der Waals surface area contributed by atoms with Gasteiger partial charge in [-0.25, -0.2) is 9.78 Å². The first kappa shape index (κ1) is 21.3. The predicted octanol–water partition coefficient (Wildman–Crippen LogP) is 2.90. The van der Waals surface area contributed by atoms with Crippen molar-refractivity contribution in [3.8, 4) is 0 Å². The average Bonchev–Trinajstić information content (AvgIpc) is 3.13. The van der Waals surface area contributed by atoms with E-state index in [4.69, 9.17) is 22.1 Å². The molecule has 4 N–H and O–H groups in total. The highest BCUT2D eigenvalue weighted by molar-refractivity contribution is 8.00. The fourth-order valence-corrected chi connectivity index (χ4v) is 4.26. The van der Waals surface area contributed by atoms with Crippen molar-refractivity contribution in [2.45, 2.75) is 23.8 Å². The number of carbonyl (C=O) groups excluding carboxylic acids is 3. The van der Waals surface area contributed by atoms with Gasteiger partial charge in [-0.3, -0.25) is 14.5 Å². The number of nitrogens with zero attached hydrogens (tertiary/aromatic N) is 2. The number of nitrogens with two attached hydrogens (primary N) is 1. The number of ether oxygens (including phenoxy) is 1. The number of anilines is 3. The molecule has 0 spiro atoms. The number of amides is 3. The van der Waals surface area contributed by atoms with E-state index in [-0.39, 0.29) is 23.6 Å². The molecule has 162 valence electrons. The fourth-order valence-electron chi connectivity index (χ4n) is 3.32. The van der Waals surface area contributed by atoms with E-state index in [1.54, 1.807) is 24.3 Å². The Morgan fingerprint density at radius 2 is 2.19 bits per heavy atom. The molecule has 11 heteroatoms. The molecule has 1 saturated heterocycles. The SMILES string of the molecule is Nc1c(Cl)cccc1C(=O)NCCC[C@H]1CN(c2ccc3c(n2)NC(=O)CS3)C(=O)O1. The summed E-state index contributed by atoms with van der Waals surface area (Å²) in [7, 11) is 0. The molecule has 3 amide bonds. The second-order valence-corrected chi connectivity index (χ2v) is 8.49. The first-order valence-corrected chi connectivity index (χ1v) is 11.0. The first-order valence-electron chi connectivity index (χ1n) is 9.66. The number of hydrogen-bond acceptors (Lipinski definition) is 7. The van der Waals surface area contributed by atoms with Gasteiger partial charge < -0.3 is 21.1 Å². The second-order valence-electron chi connectivity index (χ2n) is 7.07. The topological polar surface area (TPSA) is 127 Å². The van der Waals surface area contributed by atoms with E-state index in [1.165, 1.54) is 16.7 Å². The summed E-state index contributed by atoms with van der Waals surface area (Å²) in [4.78, 5) is 42.8. The quantitative estimate of drug-likeness (QED) is 0.446. The largest absolute Gasteiger partial charge is 0.444 e. The van der Waals surface area contributed by atoms with Crippen molar-refractivity contribution < 1.29 is 19.1 Å². The molecule has 2 aromatic rings. The molecule has 0 unspecified atom stereocenters. The van der Waals surface area contributed by atoms with Crippen LogP contribution in [0.25, 0.3) is 0 Å². The number of pyridine rings is 1. The Balaban J connectivity index is 1.28. The third-order valence-electron chi connectivity index (χ3n) is 4.90. The van der Waals surface area contributed by atoms with Gasteiger partial charge in [-0.2, -0.15) is 0 Å². The van der Waals surface area contributed by atoms with Gasteiger partial charge in [0.25, 0.3) is 5.91 Å². The van der Waals surface area contributed by atoms with Gasteiger partial charge in [0.05, 0.1) is 33.5 Å². The van der Waals surface area contributed by atoms with Crippen LogP contribution >= 0.6 is 23.4 Å². The van der Waals surface area contributed by atoms with Crippen LogP contribution in [0.2, 0.25) is 5.02 Å². The third-order valence-corrected chi connectivity index (χ3v) is 6.27. The molecular weight excluding hydrogens is 442 g/mol. The number of halogens is 1. The Kier molecular flexibility index (Phi) is 6.19. The molecule has 0 aliphatic carbocycles. The summed E-state index contributed by atoms with van der Waals surface area (Å²) in [5.41, 5.74) is 6.41. The molecule has 1 atom stereocenters. The van der Waals surface area contributed by atoms with Crippen LogP contribution < -0.4 is 21.3 Å². The summed E-state index contributed by atoms with van der Waals surface area (Å²) in [5.74, 6) is 0.813. The summed E-state index contributed by atoms with van der Waals surface area (Å²) in [6.45, 7) is 0.750. The van der Waals surface area contributed by atoms with Crippen LogP contribution in [0.15, 0.2) is 35.2 Å². The molecule has 31 heavy (non-hydrogen) atoms. The van der Waals surface area contributed by atoms with Crippen molar-refractivity contribution in [2.75, 3.05) is 34.8 Å². The molecule has 4 rings (SSSR count). The van der Waals surface area contributed by atoms with Crippen LogP contribution in [0.1, 0.15) is 23.2 Å². The Hall–Kier alpha value is -2.98. The lowest BCUT2D eigenvalue weighted by Crippen LogP contribution is -2.28. The maximum atomic E-state index is 12.3. The lowest BCUT2D eigenvalue weighted by atomic mass is 10.1. The van der Waals surface area contributed by atoms with E-state index >= 15 is 0 Å². The smallest absolute Gasteiger partial charge is 0.415 e. The number of para-hydroxylation sites is 1. The Morgan fingerprint density at radius 3 is 3.03 bits per heavy atom. The summed E-state index contributed by atoms with van der Waals surface area (Å²) < 4.78 is 5.42. The highest BCUT2D eigenvalue weighted by Gasteiger charge is 2.33. The molecule has 2 aliphatic rings. The standard InChI is InChI=1S/C20H20ClN5O4S/c21-13-5-1-4-12(17(13)22)19(28)23-8-2-3-11-9-26(20(29)30-11)15-7-6-14-18(24-15)25-16(27)10-31-14/h1,4-7,11H,2-3,8-10,22H2,(H,23,28)(H,24,25,27)/t11-/m0/s1. The number of fused-ring (bicyclic) bond motifs is 1. The summed E-state index contributed by atoms with van der Waals surface area (Å²) in [6, 6.07) is 8.47. The molecule has 9 nitrogen and oxygen atoms in total. The zero-order valence-corrected chi connectivity index (χ0v) is 18.0. The number of benzene rings is 1. The van der Waals surface area contributed by atoms with Crippen LogP contribution in [-0.2, 0) is 9.53 Å². The van der Waals surface area contributed by atoms with Crippen molar-refractivity contribution >= 4 is 58.6 Å². The number of nitrogen functional groups attached to an aromatic ring is 1. The lowest BCUT2D eigenvalue weighted by Gasteiger charge is -2.18. The Labute approximate surface area is 187 Å². The normalized spacial score (nSPS) is 17.7. The van der Waals surface area contributed by atoms with Crippen molar-refractivity contribution in [2.24, 2.45) is 0 Å². The number of carbonyl (C=O) groups is 3. The van der Waals surface area contributed by atoms with Gasteiger partial charge in [-0.1, -0.05) is 17.7 Å². The van der Waals surface area contributed by atoms with E-state index < -0.39 is 6.09 Å². The molecule has 0 radical (unpaired) electrons. The van der Waals surface area contributed by atoms with Gasteiger partial charge in [0.2, 0.25) is 5.91 Å². The van der Waals surface area contributed by atoms with Crippen molar-refractivity contribution in [1.82, 2.24) is 10.3 Å². The van der Waals surface area contributed by atoms with Crippen molar-refractivity contribution in [3.05, 3.63) is 40.9 Å². The maximum absolute atomic E-state index is 12.3. The van der Waals surface area contributed by atoms with Gasteiger partial charge in [0, 0.05) is 6.54 Å². The number of hydrogen-bond donors (Lipinski definition) is 3. The van der Waals surface area contributed by atoms with Crippen LogP contribution in [0.4, 0.5) is 22.1 Å².